The number of nitrogens with zero attached hydrogens (tertiary/aromatic N) is 1. The van der Waals surface area contributed by atoms with Gasteiger partial charge in [-0.25, -0.2) is 9.59 Å². The van der Waals surface area contributed by atoms with Gasteiger partial charge in [-0.05, 0) is 23.6 Å². The molecule has 3 amide bonds. The van der Waals surface area contributed by atoms with Crippen molar-refractivity contribution >= 4 is 29.1 Å². The Labute approximate surface area is 153 Å². The summed E-state index contributed by atoms with van der Waals surface area (Å²) >= 11 is 1.58. The van der Waals surface area contributed by atoms with E-state index in [4.69, 9.17) is 14.2 Å². The molecule has 0 bridgehead atoms. The van der Waals surface area contributed by atoms with Crippen LogP contribution in [0.1, 0.15) is 4.88 Å². The average molecular weight is 375 g/mol. The van der Waals surface area contributed by atoms with E-state index in [0.29, 0.717) is 30.3 Å². The van der Waals surface area contributed by atoms with E-state index in [1.165, 1.54) is 4.90 Å². The Morgan fingerprint density at radius 2 is 2.12 bits per heavy atom. The number of nitrogens with one attached hydrogen (secondary N) is 2. The van der Waals surface area contributed by atoms with Crippen LogP contribution in [0.4, 0.5) is 15.3 Å². The van der Waals surface area contributed by atoms with Crippen LogP contribution in [0, 0.1) is 0 Å². The number of carbonyl (C=O) groups is 2. The number of carbonyl (C=O) groups excluding carboxylic acids is 2. The van der Waals surface area contributed by atoms with Crippen LogP contribution in [0.3, 0.4) is 0 Å². The number of thiophene rings is 1. The molecule has 0 aliphatic carbocycles. The number of hydrogen-bond acceptors (Lipinski definition) is 6. The van der Waals surface area contributed by atoms with E-state index in [1.54, 1.807) is 29.5 Å². The Kier molecular flexibility index (Phi) is 4.53. The number of hydrogen-bond donors (Lipinski definition) is 2. The van der Waals surface area contributed by atoms with Crippen molar-refractivity contribution in [3.05, 3.63) is 40.6 Å². The highest BCUT2D eigenvalue weighted by Gasteiger charge is 2.33. The Morgan fingerprint density at radius 3 is 2.96 bits per heavy atom. The van der Waals surface area contributed by atoms with E-state index in [1.807, 2.05) is 17.5 Å². The highest BCUT2D eigenvalue weighted by Crippen LogP contribution is 2.36. The van der Waals surface area contributed by atoms with Crippen molar-refractivity contribution in [3.63, 3.8) is 0 Å². The van der Waals surface area contributed by atoms with Crippen LogP contribution in [-0.2, 0) is 11.3 Å². The number of fused-ring (bicyclic) bond motifs is 1. The molecule has 1 aromatic heterocycles. The Morgan fingerprint density at radius 1 is 1.23 bits per heavy atom. The third-order valence-corrected chi connectivity index (χ3v) is 4.91. The molecule has 2 aromatic rings. The number of benzene rings is 1. The molecule has 0 saturated carbocycles. The minimum atomic E-state index is -0.449. The first kappa shape index (κ1) is 16.5. The minimum Gasteiger partial charge on any atom is -0.454 e. The van der Waals surface area contributed by atoms with Gasteiger partial charge in [-0.1, -0.05) is 6.07 Å². The highest BCUT2D eigenvalue weighted by atomic mass is 32.1. The number of urea groups is 1. The second kappa shape index (κ2) is 7.12. The highest BCUT2D eigenvalue weighted by molar-refractivity contribution is 7.09. The van der Waals surface area contributed by atoms with Crippen molar-refractivity contribution in [2.24, 2.45) is 0 Å². The van der Waals surface area contributed by atoms with Crippen molar-refractivity contribution in [1.29, 1.82) is 0 Å². The fraction of sp³-hybridized carbons (Fsp3) is 0.294. The molecule has 8 nitrogen and oxygen atoms in total. The standard InChI is InChI=1S/C17H17N3O5S/c21-16(19-8-13-2-1-5-26-13)18-7-12-9-20(17(22)25-12)11-3-4-14-15(6-11)24-10-23-14/h1-6,12H,7-10H2,(H2,18,19,21)/t12-/m1/s1. The molecule has 136 valence electrons. The summed E-state index contributed by atoms with van der Waals surface area (Å²) in [7, 11) is 0. The number of anilines is 1. The van der Waals surface area contributed by atoms with E-state index >= 15 is 0 Å². The lowest BCUT2D eigenvalue weighted by molar-refractivity contribution is 0.140. The Bertz CT molecular complexity index is 811. The van der Waals surface area contributed by atoms with Gasteiger partial charge in [0.25, 0.3) is 0 Å². The van der Waals surface area contributed by atoms with Crippen LogP contribution in [0.5, 0.6) is 11.5 Å². The van der Waals surface area contributed by atoms with Crippen molar-refractivity contribution in [1.82, 2.24) is 10.6 Å². The summed E-state index contributed by atoms with van der Waals surface area (Å²) in [5.74, 6) is 1.26. The van der Waals surface area contributed by atoms with Crippen LogP contribution < -0.4 is 25.0 Å². The predicted molar refractivity (Wildman–Crippen MR) is 94.7 cm³/mol. The first-order valence-corrected chi connectivity index (χ1v) is 8.99. The molecule has 9 heteroatoms. The summed E-state index contributed by atoms with van der Waals surface area (Å²) in [6, 6.07) is 8.87. The maximum Gasteiger partial charge on any atom is 0.414 e. The topological polar surface area (TPSA) is 89.1 Å². The van der Waals surface area contributed by atoms with E-state index < -0.39 is 12.2 Å². The first-order chi connectivity index (χ1) is 12.7. The normalized spacial score (nSPS) is 17.9. The number of cyclic esters (lactones) is 1. The Balaban J connectivity index is 1.28. The first-order valence-electron chi connectivity index (χ1n) is 8.11. The zero-order valence-electron chi connectivity index (χ0n) is 13.8. The van der Waals surface area contributed by atoms with Crippen molar-refractivity contribution in [2.75, 3.05) is 24.8 Å². The molecule has 1 aromatic carbocycles. The molecular formula is C17H17N3O5S. The summed E-state index contributed by atoms with van der Waals surface area (Å²) in [5, 5.41) is 7.45. The Hall–Kier alpha value is -2.94. The van der Waals surface area contributed by atoms with Gasteiger partial charge in [0.05, 0.1) is 25.3 Å². The molecule has 1 atom stereocenters. The van der Waals surface area contributed by atoms with Gasteiger partial charge in [-0.15, -0.1) is 11.3 Å². The molecular weight excluding hydrogens is 358 g/mol. The fourth-order valence-corrected chi connectivity index (χ4v) is 3.39. The number of ether oxygens (including phenoxy) is 3. The van der Waals surface area contributed by atoms with Gasteiger partial charge < -0.3 is 24.8 Å². The molecule has 1 fully saturated rings. The van der Waals surface area contributed by atoms with Gasteiger partial charge in [0.15, 0.2) is 11.5 Å². The molecule has 3 heterocycles. The SMILES string of the molecule is O=C(NCc1cccs1)NC[C@@H]1CN(c2ccc3c(c2)OCO3)C(=O)O1. The lowest BCUT2D eigenvalue weighted by atomic mass is 10.2. The summed E-state index contributed by atoms with van der Waals surface area (Å²) < 4.78 is 15.9. The van der Waals surface area contributed by atoms with Crippen LogP contribution in [0.25, 0.3) is 0 Å². The quantitative estimate of drug-likeness (QED) is 0.837. The monoisotopic (exact) mass is 375 g/mol. The summed E-state index contributed by atoms with van der Waals surface area (Å²) in [5.41, 5.74) is 0.670. The molecule has 2 aliphatic rings. The maximum atomic E-state index is 12.1. The van der Waals surface area contributed by atoms with Crippen molar-refractivity contribution in [2.45, 2.75) is 12.6 Å². The van der Waals surface area contributed by atoms with Crippen molar-refractivity contribution in [3.8, 4) is 11.5 Å². The van der Waals surface area contributed by atoms with E-state index in [2.05, 4.69) is 10.6 Å². The van der Waals surface area contributed by atoms with Gasteiger partial charge in [-0.2, -0.15) is 0 Å². The second-order valence-corrected chi connectivity index (χ2v) is 6.83. The predicted octanol–water partition coefficient (Wildman–Crippen LogP) is 2.30. The third-order valence-electron chi connectivity index (χ3n) is 4.04. The van der Waals surface area contributed by atoms with Crippen LogP contribution >= 0.6 is 11.3 Å². The molecule has 1 saturated heterocycles. The van der Waals surface area contributed by atoms with Crippen LogP contribution in [0.2, 0.25) is 0 Å². The molecule has 4 rings (SSSR count). The van der Waals surface area contributed by atoms with Gasteiger partial charge in [-0.3, -0.25) is 4.90 Å². The summed E-state index contributed by atoms with van der Waals surface area (Å²) in [4.78, 5) is 26.6. The van der Waals surface area contributed by atoms with E-state index in [0.717, 1.165) is 4.88 Å². The number of amides is 3. The smallest absolute Gasteiger partial charge is 0.414 e. The molecule has 2 aliphatic heterocycles. The molecule has 2 N–H and O–H groups in total. The molecule has 0 radical (unpaired) electrons. The van der Waals surface area contributed by atoms with Crippen LogP contribution in [-0.4, -0.2) is 38.1 Å². The minimum absolute atomic E-state index is 0.177. The third kappa shape index (κ3) is 3.52. The number of rotatable bonds is 5. The summed E-state index contributed by atoms with van der Waals surface area (Å²) in [6.07, 6.45) is -0.866. The maximum absolute atomic E-state index is 12.1. The van der Waals surface area contributed by atoms with Gasteiger partial charge in [0.1, 0.15) is 6.10 Å². The van der Waals surface area contributed by atoms with Crippen LogP contribution in [0.15, 0.2) is 35.7 Å². The molecule has 0 spiro atoms. The van der Waals surface area contributed by atoms with E-state index in [9.17, 15) is 9.59 Å². The molecule has 0 unspecified atom stereocenters. The van der Waals surface area contributed by atoms with Gasteiger partial charge >= 0.3 is 12.1 Å². The zero-order chi connectivity index (χ0) is 17.9. The average Bonchev–Trinajstić information content (AvgIpc) is 3.38. The largest absolute Gasteiger partial charge is 0.454 e. The van der Waals surface area contributed by atoms with Gasteiger partial charge in [0.2, 0.25) is 6.79 Å². The lowest BCUT2D eigenvalue weighted by Crippen LogP contribution is -2.40. The fourth-order valence-electron chi connectivity index (χ4n) is 2.74. The lowest BCUT2D eigenvalue weighted by Gasteiger charge is -2.13. The zero-order valence-corrected chi connectivity index (χ0v) is 14.6. The van der Waals surface area contributed by atoms with Crippen molar-refractivity contribution < 1.29 is 23.8 Å². The second-order valence-electron chi connectivity index (χ2n) is 5.80. The van der Waals surface area contributed by atoms with Gasteiger partial charge in [0, 0.05) is 10.9 Å². The molecule has 26 heavy (non-hydrogen) atoms. The van der Waals surface area contributed by atoms with E-state index in [-0.39, 0.29) is 19.4 Å². The summed E-state index contributed by atoms with van der Waals surface area (Å²) in [6.45, 7) is 1.24.